The van der Waals surface area contributed by atoms with E-state index in [1.54, 1.807) is 13.2 Å². The van der Waals surface area contributed by atoms with Crippen LogP contribution in [-0.4, -0.2) is 37.8 Å². The van der Waals surface area contributed by atoms with Gasteiger partial charge in [0.05, 0.1) is 16.9 Å². The van der Waals surface area contributed by atoms with E-state index in [0.717, 1.165) is 24.5 Å². The average molecular weight is 420 g/mol. The van der Waals surface area contributed by atoms with Crippen molar-refractivity contribution in [2.45, 2.75) is 31.2 Å². The Morgan fingerprint density at radius 2 is 2.03 bits per heavy atom. The number of sulfonamides is 1. The third-order valence-electron chi connectivity index (χ3n) is 5.09. The lowest BCUT2D eigenvalue weighted by Gasteiger charge is -2.30. The first-order valence-corrected chi connectivity index (χ1v) is 10.9. The fraction of sp³-hybridized carbons (Fsp3) is 0.400. The molecule has 1 N–H and O–H groups in total. The van der Waals surface area contributed by atoms with Crippen LogP contribution < -0.4 is 10.1 Å². The minimum Gasteiger partial charge on any atom is -0.496 e. The molecule has 0 aliphatic carbocycles. The molecule has 8 nitrogen and oxygen atoms in total. The van der Waals surface area contributed by atoms with Crippen LogP contribution in [0.15, 0.2) is 47.4 Å². The second-order valence-electron chi connectivity index (χ2n) is 7.21. The van der Waals surface area contributed by atoms with Crippen molar-refractivity contribution in [1.29, 1.82) is 0 Å². The molecule has 2 aromatic rings. The van der Waals surface area contributed by atoms with Gasteiger partial charge in [0.2, 0.25) is 10.0 Å². The summed E-state index contributed by atoms with van der Waals surface area (Å²) in [5, 5.41) is 14.6. The van der Waals surface area contributed by atoms with Crippen LogP contribution >= 0.6 is 0 Å². The number of anilines is 1. The highest BCUT2D eigenvalue weighted by molar-refractivity contribution is 7.89. The third kappa shape index (κ3) is 4.68. The van der Waals surface area contributed by atoms with Crippen LogP contribution in [0.25, 0.3) is 0 Å². The van der Waals surface area contributed by atoms with E-state index in [9.17, 15) is 18.5 Å². The SMILES string of the molecule is COc1ccccc1CNc1ccc(S(=O)(=O)N2CCC[C@@H](C)C2)cc1[N+](=O)[O-]. The van der Waals surface area contributed by atoms with Crippen molar-refractivity contribution in [2.24, 2.45) is 5.92 Å². The van der Waals surface area contributed by atoms with Crippen LogP contribution in [-0.2, 0) is 16.6 Å². The molecule has 156 valence electrons. The van der Waals surface area contributed by atoms with E-state index in [2.05, 4.69) is 5.32 Å². The van der Waals surface area contributed by atoms with Gasteiger partial charge < -0.3 is 10.1 Å². The zero-order valence-corrected chi connectivity index (χ0v) is 17.3. The number of nitro benzene ring substituents is 1. The van der Waals surface area contributed by atoms with Gasteiger partial charge in [-0.1, -0.05) is 25.1 Å². The van der Waals surface area contributed by atoms with Crippen LogP contribution in [0.5, 0.6) is 5.75 Å². The van der Waals surface area contributed by atoms with E-state index >= 15 is 0 Å². The van der Waals surface area contributed by atoms with Crippen molar-refractivity contribution < 1.29 is 18.1 Å². The Morgan fingerprint density at radius 3 is 2.72 bits per heavy atom. The highest BCUT2D eigenvalue weighted by atomic mass is 32.2. The summed E-state index contributed by atoms with van der Waals surface area (Å²) >= 11 is 0. The highest BCUT2D eigenvalue weighted by Gasteiger charge is 2.30. The third-order valence-corrected chi connectivity index (χ3v) is 6.95. The van der Waals surface area contributed by atoms with Crippen LogP contribution in [0.3, 0.4) is 0 Å². The number of nitrogens with zero attached hydrogens (tertiary/aromatic N) is 2. The first kappa shape index (κ1) is 21.1. The Morgan fingerprint density at radius 1 is 1.28 bits per heavy atom. The largest absolute Gasteiger partial charge is 0.496 e. The molecule has 0 unspecified atom stereocenters. The number of nitrogens with one attached hydrogen (secondary N) is 1. The molecule has 1 fully saturated rings. The fourth-order valence-corrected chi connectivity index (χ4v) is 5.14. The van der Waals surface area contributed by atoms with E-state index in [4.69, 9.17) is 4.74 Å². The van der Waals surface area contributed by atoms with Crippen LogP contribution in [0.4, 0.5) is 11.4 Å². The van der Waals surface area contributed by atoms with Crippen molar-refractivity contribution in [3.63, 3.8) is 0 Å². The molecule has 0 amide bonds. The number of nitro groups is 1. The molecule has 9 heteroatoms. The Balaban J connectivity index is 1.86. The number of hydrogen-bond donors (Lipinski definition) is 1. The summed E-state index contributed by atoms with van der Waals surface area (Å²) in [6.07, 6.45) is 1.78. The summed E-state index contributed by atoms with van der Waals surface area (Å²) in [7, 11) is -2.21. The van der Waals surface area contributed by atoms with Crippen molar-refractivity contribution in [1.82, 2.24) is 4.31 Å². The molecule has 0 aromatic heterocycles. The molecule has 1 aliphatic rings. The Hall–Kier alpha value is -2.65. The van der Waals surface area contributed by atoms with Crippen molar-refractivity contribution in [3.05, 3.63) is 58.1 Å². The molecule has 0 bridgehead atoms. The second-order valence-corrected chi connectivity index (χ2v) is 9.15. The van der Waals surface area contributed by atoms with Gasteiger partial charge >= 0.3 is 0 Å². The maximum Gasteiger partial charge on any atom is 0.293 e. The summed E-state index contributed by atoms with van der Waals surface area (Å²) in [6.45, 7) is 3.19. The number of ether oxygens (including phenoxy) is 1. The van der Waals surface area contributed by atoms with E-state index in [1.165, 1.54) is 16.4 Å². The van der Waals surface area contributed by atoms with Crippen molar-refractivity contribution in [2.75, 3.05) is 25.5 Å². The lowest BCUT2D eigenvalue weighted by Crippen LogP contribution is -2.39. The average Bonchev–Trinajstić information content (AvgIpc) is 2.72. The van der Waals surface area contributed by atoms with Crippen molar-refractivity contribution >= 4 is 21.4 Å². The van der Waals surface area contributed by atoms with Gasteiger partial charge in [0.1, 0.15) is 11.4 Å². The fourth-order valence-electron chi connectivity index (χ4n) is 3.53. The number of piperidine rings is 1. The lowest BCUT2D eigenvalue weighted by atomic mass is 10.0. The lowest BCUT2D eigenvalue weighted by molar-refractivity contribution is -0.384. The molecule has 0 saturated carbocycles. The van der Waals surface area contributed by atoms with Gasteiger partial charge in [0.25, 0.3) is 5.69 Å². The summed E-state index contributed by atoms with van der Waals surface area (Å²) in [4.78, 5) is 11.0. The van der Waals surface area contributed by atoms with Crippen molar-refractivity contribution in [3.8, 4) is 5.75 Å². The van der Waals surface area contributed by atoms with E-state index in [0.29, 0.717) is 25.4 Å². The normalized spacial score (nSPS) is 17.7. The molecular formula is C20H25N3O5S. The molecule has 3 rings (SSSR count). The van der Waals surface area contributed by atoms with Gasteiger partial charge in [-0.05, 0) is 37.0 Å². The number of benzene rings is 2. The Bertz CT molecular complexity index is 993. The summed E-state index contributed by atoms with van der Waals surface area (Å²) in [6, 6.07) is 11.4. The smallest absolute Gasteiger partial charge is 0.293 e. The second kappa shape index (κ2) is 8.79. The molecule has 0 spiro atoms. The highest BCUT2D eigenvalue weighted by Crippen LogP contribution is 2.31. The van der Waals surface area contributed by atoms with E-state index in [1.807, 2.05) is 25.1 Å². The van der Waals surface area contributed by atoms with Gasteiger partial charge in [-0.15, -0.1) is 0 Å². The summed E-state index contributed by atoms with van der Waals surface area (Å²) in [5.74, 6) is 0.941. The number of hydrogen-bond acceptors (Lipinski definition) is 6. The quantitative estimate of drug-likeness (QED) is 0.543. The molecule has 1 atom stereocenters. The van der Waals surface area contributed by atoms with Gasteiger partial charge in [-0.3, -0.25) is 10.1 Å². The van der Waals surface area contributed by atoms with Gasteiger partial charge in [-0.2, -0.15) is 4.31 Å². The molecule has 0 radical (unpaired) electrons. The van der Waals surface area contributed by atoms with Gasteiger partial charge in [0, 0.05) is 31.3 Å². The standard InChI is InChI=1S/C20H25N3O5S/c1-15-6-5-11-22(14-15)29(26,27)17-9-10-18(19(12-17)23(24)25)21-13-16-7-3-4-8-20(16)28-2/h3-4,7-10,12,15,21H,5-6,11,13-14H2,1-2H3/t15-/m1/s1. The van der Waals surface area contributed by atoms with E-state index < -0.39 is 14.9 Å². The maximum atomic E-state index is 12.9. The molecular weight excluding hydrogens is 394 g/mol. The predicted octanol–water partition coefficient (Wildman–Crippen LogP) is 3.64. The summed E-state index contributed by atoms with van der Waals surface area (Å²) < 4.78 is 32.6. The first-order valence-electron chi connectivity index (χ1n) is 9.47. The minimum absolute atomic E-state index is 0.0545. The predicted molar refractivity (Wildman–Crippen MR) is 111 cm³/mol. The minimum atomic E-state index is -3.76. The molecule has 1 aliphatic heterocycles. The number of para-hydroxylation sites is 1. The van der Waals surface area contributed by atoms with Gasteiger partial charge in [0.15, 0.2) is 0 Å². The van der Waals surface area contributed by atoms with Crippen LogP contribution in [0.2, 0.25) is 0 Å². The maximum absolute atomic E-state index is 12.9. The monoisotopic (exact) mass is 419 g/mol. The zero-order chi connectivity index (χ0) is 21.0. The van der Waals surface area contributed by atoms with Crippen LogP contribution in [0.1, 0.15) is 25.3 Å². The zero-order valence-electron chi connectivity index (χ0n) is 16.5. The van der Waals surface area contributed by atoms with Crippen LogP contribution in [0, 0.1) is 16.0 Å². The topological polar surface area (TPSA) is 102 Å². The van der Waals surface area contributed by atoms with E-state index in [-0.39, 0.29) is 22.2 Å². The number of rotatable bonds is 7. The van der Waals surface area contributed by atoms with Gasteiger partial charge in [-0.25, -0.2) is 8.42 Å². The summed E-state index contributed by atoms with van der Waals surface area (Å²) in [5.41, 5.74) is 0.821. The Labute approximate surface area is 170 Å². The molecule has 29 heavy (non-hydrogen) atoms. The number of methoxy groups -OCH3 is 1. The molecule has 2 aromatic carbocycles. The Kier molecular flexibility index (Phi) is 6.39. The molecule has 1 saturated heterocycles. The first-order chi connectivity index (χ1) is 13.8. The molecule has 1 heterocycles.